The number of likely N-dealkylation sites (N-methyl/N-ethyl adjacent to an activating group) is 1. The summed E-state index contributed by atoms with van der Waals surface area (Å²) in [6.07, 6.45) is 1.79. The number of pyridine rings is 1. The van der Waals surface area contributed by atoms with Crippen molar-refractivity contribution in [3.05, 3.63) is 75.7 Å². The number of nitrogens with zero attached hydrogens (tertiary/aromatic N) is 2. The highest BCUT2D eigenvalue weighted by molar-refractivity contribution is 6.30. The van der Waals surface area contributed by atoms with Crippen molar-refractivity contribution in [3.8, 4) is 0 Å². The molecule has 6 heteroatoms. The molecule has 0 aliphatic carbocycles. The highest BCUT2D eigenvalue weighted by atomic mass is 35.5. The zero-order valence-corrected chi connectivity index (χ0v) is 18.6. The number of benzene rings is 2. The zero-order chi connectivity index (χ0) is 21.8. The Kier molecular flexibility index (Phi) is 6.95. The lowest BCUT2D eigenvalue weighted by molar-refractivity contribution is -0.118. The number of carbonyl (C=O) groups is 1. The van der Waals surface area contributed by atoms with Gasteiger partial charge in [0.1, 0.15) is 0 Å². The molecule has 1 heterocycles. The van der Waals surface area contributed by atoms with Gasteiger partial charge in [0.15, 0.2) is 0 Å². The quantitative estimate of drug-likeness (QED) is 0.602. The van der Waals surface area contributed by atoms with Crippen molar-refractivity contribution in [3.63, 3.8) is 0 Å². The van der Waals surface area contributed by atoms with Gasteiger partial charge < -0.3 is 14.8 Å². The summed E-state index contributed by atoms with van der Waals surface area (Å²) in [6, 6.07) is 14.7. The van der Waals surface area contributed by atoms with Gasteiger partial charge in [-0.2, -0.15) is 0 Å². The standard InChI is InChI=1S/C24H28ClN3O2/c1-16(2)22(17-8-10-18(25)11-9-17)23(29)26-21-7-5-6-20-19(21)12-13-28(24(20)30)15-14-27(3)4/h5-13,16,22H,14-15H2,1-4H3,(H,26,29). The van der Waals surface area contributed by atoms with Gasteiger partial charge in [0.25, 0.3) is 5.56 Å². The molecule has 1 atom stereocenters. The van der Waals surface area contributed by atoms with Crippen LogP contribution in [0.5, 0.6) is 0 Å². The van der Waals surface area contributed by atoms with Gasteiger partial charge >= 0.3 is 0 Å². The molecule has 0 aliphatic rings. The van der Waals surface area contributed by atoms with Crippen molar-refractivity contribution in [1.29, 1.82) is 0 Å². The molecule has 0 radical (unpaired) electrons. The number of rotatable bonds is 7. The van der Waals surface area contributed by atoms with E-state index in [9.17, 15) is 9.59 Å². The molecule has 1 unspecified atom stereocenters. The summed E-state index contributed by atoms with van der Waals surface area (Å²) in [5.74, 6) is -0.320. The molecule has 0 aliphatic heterocycles. The van der Waals surface area contributed by atoms with Crippen molar-refractivity contribution < 1.29 is 4.79 Å². The molecule has 0 bridgehead atoms. The topological polar surface area (TPSA) is 54.3 Å². The van der Waals surface area contributed by atoms with Crippen molar-refractivity contribution in [1.82, 2.24) is 9.47 Å². The Morgan fingerprint density at radius 2 is 1.77 bits per heavy atom. The van der Waals surface area contributed by atoms with Crippen molar-refractivity contribution in [2.24, 2.45) is 5.92 Å². The summed E-state index contributed by atoms with van der Waals surface area (Å²) < 4.78 is 1.71. The van der Waals surface area contributed by atoms with E-state index >= 15 is 0 Å². The lowest BCUT2D eigenvalue weighted by atomic mass is 9.87. The molecule has 5 nitrogen and oxygen atoms in total. The molecule has 1 aromatic heterocycles. The first-order chi connectivity index (χ1) is 14.3. The summed E-state index contributed by atoms with van der Waals surface area (Å²) in [5, 5.41) is 5.03. The van der Waals surface area contributed by atoms with E-state index in [-0.39, 0.29) is 23.3 Å². The number of hydrogen-bond acceptors (Lipinski definition) is 3. The summed E-state index contributed by atoms with van der Waals surface area (Å²) in [5.41, 5.74) is 1.51. The van der Waals surface area contributed by atoms with E-state index in [1.54, 1.807) is 29.0 Å². The normalized spacial score (nSPS) is 12.5. The SMILES string of the molecule is CC(C)C(C(=O)Nc1cccc2c(=O)n(CCN(C)C)ccc12)c1ccc(Cl)cc1. The van der Waals surface area contributed by atoms with Crippen LogP contribution in [0.15, 0.2) is 59.5 Å². The number of aromatic nitrogens is 1. The minimum Gasteiger partial charge on any atom is -0.325 e. The van der Waals surface area contributed by atoms with E-state index in [1.165, 1.54) is 0 Å². The summed E-state index contributed by atoms with van der Waals surface area (Å²) in [4.78, 5) is 28.1. The Morgan fingerprint density at radius 3 is 2.40 bits per heavy atom. The first kappa shape index (κ1) is 22.1. The van der Waals surface area contributed by atoms with Crippen LogP contribution in [0.25, 0.3) is 10.8 Å². The Morgan fingerprint density at radius 1 is 1.07 bits per heavy atom. The average molecular weight is 426 g/mol. The molecule has 3 rings (SSSR count). The Balaban J connectivity index is 1.92. The first-order valence-electron chi connectivity index (χ1n) is 10.1. The maximum absolute atomic E-state index is 13.2. The molecule has 0 fully saturated rings. The maximum atomic E-state index is 13.2. The predicted molar refractivity (Wildman–Crippen MR) is 124 cm³/mol. The minimum atomic E-state index is -0.321. The third-order valence-corrected chi connectivity index (χ3v) is 5.49. The lowest BCUT2D eigenvalue weighted by Crippen LogP contribution is -2.27. The monoisotopic (exact) mass is 425 g/mol. The van der Waals surface area contributed by atoms with E-state index < -0.39 is 0 Å². The summed E-state index contributed by atoms with van der Waals surface area (Å²) in [7, 11) is 3.96. The highest BCUT2D eigenvalue weighted by Crippen LogP contribution is 2.29. The van der Waals surface area contributed by atoms with Crippen LogP contribution >= 0.6 is 11.6 Å². The van der Waals surface area contributed by atoms with Crippen LogP contribution in [0.1, 0.15) is 25.3 Å². The van der Waals surface area contributed by atoms with Crippen LogP contribution in [-0.4, -0.2) is 36.0 Å². The number of anilines is 1. The van der Waals surface area contributed by atoms with Crippen molar-refractivity contribution >= 4 is 34.0 Å². The molecule has 0 saturated carbocycles. The van der Waals surface area contributed by atoms with Gasteiger partial charge in [-0.15, -0.1) is 0 Å². The van der Waals surface area contributed by atoms with E-state index in [2.05, 4.69) is 5.32 Å². The Bertz CT molecular complexity index is 1090. The molecular formula is C24H28ClN3O2. The molecule has 2 aromatic carbocycles. The lowest BCUT2D eigenvalue weighted by Gasteiger charge is -2.21. The number of fused-ring (bicyclic) bond motifs is 1. The number of hydrogen-bond donors (Lipinski definition) is 1. The van der Waals surface area contributed by atoms with Crippen molar-refractivity contribution in [2.45, 2.75) is 26.3 Å². The largest absolute Gasteiger partial charge is 0.325 e. The fraction of sp³-hybridized carbons (Fsp3) is 0.333. The summed E-state index contributed by atoms with van der Waals surface area (Å²) in [6.45, 7) is 5.43. The van der Waals surface area contributed by atoms with Gasteiger partial charge in [-0.3, -0.25) is 9.59 Å². The second-order valence-corrected chi connectivity index (χ2v) is 8.58. The molecule has 1 amide bonds. The van der Waals surface area contributed by atoms with Gasteiger partial charge in [0.2, 0.25) is 5.91 Å². The van der Waals surface area contributed by atoms with E-state index in [0.717, 1.165) is 17.5 Å². The molecule has 0 saturated heterocycles. The smallest absolute Gasteiger partial charge is 0.258 e. The van der Waals surface area contributed by atoms with Gasteiger partial charge in [0.05, 0.1) is 5.92 Å². The second kappa shape index (κ2) is 9.45. The number of amides is 1. The number of halogens is 1. The van der Waals surface area contributed by atoms with E-state index in [0.29, 0.717) is 22.6 Å². The third-order valence-electron chi connectivity index (χ3n) is 5.24. The predicted octanol–water partition coefficient (Wildman–Crippen LogP) is 4.59. The van der Waals surface area contributed by atoms with Crippen LogP contribution in [0.3, 0.4) is 0 Å². The third kappa shape index (κ3) is 4.91. The fourth-order valence-electron chi connectivity index (χ4n) is 3.63. The maximum Gasteiger partial charge on any atom is 0.258 e. The Labute approximate surface area is 182 Å². The van der Waals surface area contributed by atoms with Gasteiger partial charge in [-0.1, -0.05) is 43.6 Å². The molecule has 0 spiro atoms. The van der Waals surface area contributed by atoms with Crippen LogP contribution in [0, 0.1) is 5.92 Å². The van der Waals surface area contributed by atoms with Crippen LogP contribution < -0.4 is 10.9 Å². The van der Waals surface area contributed by atoms with E-state index in [4.69, 9.17) is 11.6 Å². The van der Waals surface area contributed by atoms with Crippen LogP contribution in [-0.2, 0) is 11.3 Å². The van der Waals surface area contributed by atoms with Gasteiger partial charge in [-0.05, 0) is 55.9 Å². The first-order valence-corrected chi connectivity index (χ1v) is 10.5. The van der Waals surface area contributed by atoms with Crippen molar-refractivity contribution in [2.75, 3.05) is 26.0 Å². The van der Waals surface area contributed by atoms with Gasteiger partial charge in [-0.25, -0.2) is 0 Å². The second-order valence-electron chi connectivity index (χ2n) is 8.15. The summed E-state index contributed by atoms with van der Waals surface area (Å²) >= 11 is 6.00. The number of carbonyl (C=O) groups excluding carboxylic acids is 1. The van der Waals surface area contributed by atoms with E-state index in [1.807, 2.05) is 63.2 Å². The molecule has 1 N–H and O–H groups in total. The fourth-order valence-corrected chi connectivity index (χ4v) is 3.76. The average Bonchev–Trinajstić information content (AvgIpc) is 2.69. The van der Waals surface area contributed by atoms with Crippen LogP contribution in [0.4, 0.5) is 5.69 Å². The Hall–Kier alpha value is -2.63. The minimum absolute atomic E-state index is 0.0523. The van der Waals surface area contributed by atoms with Gasteiger partial charge in [0, 0.05) is 40.8 Å². The highest BCUT2D eigenvalue weighted by Gasteiger charge is 2.25. The molecule has 158 valence electrons. The van der Waals surface area contributed by atoms with Crippen LogP contribution in [0.2, 0.25) is 5.02 Å². The molecule has 3 aromatic rings. The molecule has 30 heavy (non-hydrogen) atoms. The number of nitrogens with one attached hydrogen (secondary N) is 1. The molecular weight excluding hydrogens is 398 g/mol. The zero-order valence-electron chi connectivity index (χ0n) is 17.9.